The summed E-state index contributed by atoms with van der Waals surface area (Å²) in [6.45, 7) is 6.18. The van der Waals surface area contributed by atoms with E-state index in [1.165, 1.54) is 11.1 Å². The molecule has 0 bridgehead atoms. The highest BCUT2D eigenvalue weighted by Crippen LogP contribution is 2.19. The third kappa shape index (κ3) is 7.51. The molecule has 0 radical (unpaired) electrons. The summed E-state index contributed by atoms with van der Waals surface area (Å²) < 4.78 is 11.3. The van der Waals surface area contributed by atoms with Gasteiger partial charge in [-0.25, -0.2) is 4.99 Å². The lowest BCUT2D eigenvalue weighted by molar-refractivity contribution is 0.129. The molecule has 1 N–H and O–H groups in total. The van der Waals surface area contributed by atoms with Gasteiger partial charge in [0.25, 0.3) is 0 Å². The Labute approximate surface area is 191 Å². The fourth-order valence-corrected chi connectivity index (χ4v) is 3.45. The molecule has 1 fully saturated rings. The fraction of sp³-hybridized carbons (Fsp3) is 0.435. The Morgan fingerprint density at radius 3 is 2.48 bits per heavy atom. The van der Waals surface area contributed by atoms with E-state index >= 15 is 0 Å². The molecule has 0 saturated carbocycles. The van der Waals surface area contributed by atoms with Gasteiger partial charge in [-0.05, 0) is 30.2 Å². The Hall–Kier alpha value is -1.80. The average Bonchev–Trinajstić information content (AvgIpc) is 2.73. The molecule has 0 amide bonds. The molecule has 1 heterocycles. The van der Waals surface area contributed by atoms with Crippen LogP contribution in [0.1, 0.15) is 30.9 Å². The lowest BCUT2D eigenvalue weighted by Crippen LogP contribution is -2.47. The maximum Gasteiger partial charge on any atom is 0.194 e. The molecule has 1 aliphatic rings. The first kappa shape index (κ1) is 23.5. The molecule has 3 rings (SSSR count). The number of ether oxygens (including phenoxy) is 2. The quantitative estimate of drug-likeness (QED) is 0.340. The van der Waals surface area contributed by atoms with Crippen LogP contribution in [-0.2, 0) is 17.9 Å². The molecule has 29 heavy (non-hydrogen) atoms. The number of methoxy groups -OCH3 is 1. The van der Waals surface area contributed by atoms with Crippen LogP contribution >= 0.6 is 24.0 Å². The second-order valence-electron chi connectivity index (χ2n) is 7.04. The van der Waals surface area contributed by atoms with Crippen molar-refractivity contribution in [2.24, 2.45) is 4.99 Å². The van der Waals surface area contributed by atoms with Crippen molar-refractivity contribution in [2.45, 2.75) is 39.0 Å². The topological polar surface area (TPSA) is 46.1 Å². The van der Waals surface area contributed by atoms with Crippen LogP contribution in [0.3, 0.4) is 0 Å². The third-order valence-electron chi connectivity index (χ3n) is 4.84. The molecule has 0 unspecified atom stereocenters. The molecule has 0 aromatic heterocycles. The van der Waals surface area contributed by atoms with Gasteiger partial charge in [0.2, 0.25) is 0 Å². The number of hydrogen-bond donors (Lipinski definition) is 1. The molecule has 6 heteroatoms. The van der Waals surface area contributed by atoms with Gasteiger partial charge in [-0.3, -0.25) is 0 Å². The molecule has 1 aliphatic heterocycles. The van der Waals surface area contributed by atoms with E-state index in [9.17, 15) is 0 Å². The maximum atomic E-state index is 6.11. The number of nitrogens with one attached hydrogen (secondary N) is 1. The fourth-order valence-electron chi connectivity index (χ4n) is 3.45. The number of para-hydroxylation sites is 1. The van der Waals surface area contributed by atoms with E-state index < -0.39 is 0 Å². The zero-order valence-corrected chi connectivity index (χ0v) is 19.7. The summed E-state index contributed by atoms with van der Waals surface area (Å²) in [5, 5.41) is 3.44. The predicted octanol–water partition coefficient (Wildman–Crippen LogP) is 4.46. The smallest absolute Gasteiger partial charge is 0.194 e. The van der Waals surface area contributed by atoms with E-state index in [4.69, 9.17) is 14.5 Å². The first-order chi connectivity index (χ1) is 13.8. The monoisotopic (exact) mass is 509 g/mol. The minimum absolute atomic E-state index is 0. The number of halogens is 1. The van der Waals surface area contributed by atoms with E-state index in [0.29, 0.717) is 13.2 Å². The van der Waals surface area contributed by atoms with Crippen molar-refractivity contribution >= 4 is 29.9 Å². The van der Waals surface area contributed by atoms with E-state index in [2.05, 4.69) is 41.4 Å². The Morgan fingerprint density at radius 2 is 1.79 bits per heavy atom. The van der Waals surface area contributed by atoms with Crippen LogP contribution in [0.25, 0.3) is 0 Å². The molecule has 158 valence electrons. The van der Waals surface area contributed by atoms with Crippen LogP contribution in [-0.4, -0.2) is 43.7 Å². The van der Waals surface area contributed by atoms with Gasteiger partial charge in [0.05, 0.1) is 13.2 Å². The van der Waals surface area contributed by atoms with Crippen LogP contribution in [0.15, 0.2) is 59.6 Å². The van der Waals surface area contributed by atoms with E-state index in [1.807, 2.05) is 30.3 Å². The molecular weight excluding hydrogens is 477 g/mol. The molecule has 5 nitrogen and oxygen atoms in total. The maximum absolute atomic E-state index is 6.11. The normalized spacial score (nSPS) is 15.0. The highest BCUT2D eigenvalue weighted by molar-refractivity contribution is 14.0. The second kappa shape index (κ2) is 12.7. The molecule has 2 aromatic rings. The van der Waals surface area contributed by atoms with Crippen molar-refractivity contribution in [3.63, 3.8) is 0 Å². The van der Waals surface area contributed by atoms with Crippen LogP contribution in [0.5, 0.6) is 5.75 Å². The van der Waals surface area contributed by atoms with E-state index in [0.717, 1.165) is 44.2 Å². The van der Waals surface area contributed by atoms with Crippen molar-refractivity contribution in [3.05, 3.63) is 65.7 Å². The Morgan fingerprint density at radius 1 is 1.07 bits per heavy atom. The SMILES string of the molecule is CCNC(=NCc1cccc(COC)c1)N1CCC(Oc2ccccc2)CC1.I. The molecular formula is C23H32IN3O2. The summed E-state index contributed by atoms with van der Waals surface area (Å²) in [6, 6.07) is 18.5. The summed E-state index contributed by atoms with van der Waals surface area (Å²) in [4.78, 5) is 7.21. The number of benzene rings is 2. The zero-order valence-electron chi connectivity index (χ0n) is 17.3. The minimum Gasteiger partial charge on any atom is -0.490 e. The van der Waals surface area contributed by atoms with Gasteiger partial charge in [0.1, 0.15) is 11.9 Å². The van der Waals surface area contributed by atoms with Gasteiger partial charge in [-0.2, -0.15) is 0 Å². The van der Waals surface area contributed by atoms with Gasteiger partial charge >= 0.3 is 0 Å². The summed E-state index contributed by atoms with van der Waals surface area (Å²) in [5.41, 5.74) is 2.38. The largest absolute Gasteiger partial charge is 0.490 e. The minimum atomic E-state index is 0. The molecule has 0 spiro atoms. The Balaban J connectivity index is 0.00000300. The summed E-state index contributed by atoms with van der Waals surface area (Å²) in [6.07, 6.45) is 2.28. The van der Waals surface area contributed by atoms with Crippen molar-refractivity contribution in [1.29, 1.82) is 0 Å². The van der Waals surface area contributed by atoms with Crippen LogP contribution in [0.4, 0.5) is 0 Å². The highest BCUT2D eigenvalue weighted by atomic mass is 127. The van der Waals surface area contributed by atoms with E-state index in [-0.39, 0.29) is 30.1 Å². The number of guanidine groups is 1. The van der Waals surface area contributed by atoms with E-state index in [1.54, 1.807) is 7.11 Å². The van der Waals surface area contributed by atoms with Gasteiger partial charge in [0.15, 0.2) is 5.96 Å². The van der Waals surface area contributed by atoms with Gasteiger partial charge in [-0.15, -0.1) is 24.0 Å². The summed E-state index contributed by atoms with van der Waals surface area (Å²) >= 11 is 0. The van der Waals surface area contributed by atoms with Crippen molar-refractivity contribution in [1.82, 2.24) is 10.2 Å². The first-order valence-corrected chi connectivity index (χ1v) is 10.1. The number of likely N-dealkylation sites (tertiary alicyclic amines) is 1. The highest BCUT2D eigenvalue weighted by Gasteiger charge is 2.22. The van der Waals surface area contributed by atoms with Gasteiger partial charge in [-0.1, -0.05) is 42.5 Å². The number of hydrogen-bond acceptors (Lipinski definition) is 3. The van der Waals surface area contributed by atoms with Gasteiger partial charge < -0.3 is 19.7 Å². The molecule has 0 aliphatic carbocycles. The standard InChI is InChI=1S/C23H31N3O2.HI/c1-3-24-23(25-17-19-8-7-9-20(16-19)18-27-2)26-14-12-22(13-15-26)28-21-10-5-4-6-11-21;/h4-11,16,22H,3,12-15,17-18H2,1-2H3,(H,24,25);1H. The number of rotatable bonds is 7. The van der Waals surface area contributed by atoms with Crippen molar-refractivity contribution in [3.8, 4) is 5.75 Å². The average molecular weight is 509 g/mol. The van der Waals surface area contributed by atoms with Crippen LogP contribution < -0.4 is 10.1 Å². The number of aliphatic imine (C=N–C) groups is 1. The number of piperidine rings is 1. The second-order valence-corrected chi connectivity index (χ2v) is 7.04. The first-order valence-electron chi connectivity index (χ1n) is 10.1. The lowest BCUT2D eigenvalue weighted by atomic mass is 10.1. The Kier molecular flexibility index (Phi) is 10.3. The number of nitrogens with zero attached hydrogens (tertiary/aromatic N) is 2. The third-order valence-corrected chi connectivity index (χ3v) is 4.84. The van der Waals surface area contributed by atoms with Crippen molar-refractivity contribution < 1.29 is 9.47 Å². The molecule has 0 atom stereocenters. The Bertz CT molecular complexity index is 747. The predicted molar refractivity (Wildman–Crippen MR) is 129 cm³/mol. The summed E-state index contributed by atoms with van der Waals surface area (Å²) in [7, 11) is 1.72. The molecule has 2 aromatic carbocycles. The molecule has 1 saturated heterocycles. The lowest BCUT2D eigenvalue weighted by Gasteiger charge is -2.34. The summed E-state index contributed by atoms with van der Waals surface area (Å²) in [5.74, 6) is 1.94. The zero-order chi connectivity index (χ0) is 19.6. The van der Waals surface area contributed by atoms with Crippen LogP contribution in [0, 0.1) is 0 Å². The van der Waals surface area contributed by atoms with Crippen molar-refractivity contribution in [2.75, 3.05) is 26.7 Å². The van der Waals surface area contributed by atoms with Crippen LogP contribution in [0.2, 0.25) is 0 Å². The van der Waals surface area contributed by atoms with Gasteiger partial charge in [0, 0.05) is 39.6 Å².